The minimum absolute atomic E-state index is 0.767. The van der Waals surface area contributed by atoms with Crippen molar-refractivity contribution in [2.75, 3.05) is 0 Å². The molecule has 0 saturated heterocycles. The molecule has 0 spiro atoms. The molecule has 0 N–H and O–H groups in total. The summed E-state index contributed by atoms with van der Waals surface area (Å²) in [5.74, 6) is 9.69. The van der Waals surface area contributed by atoms with Gasteiger partial charge in [-0.3, -0.25) is 9.80 Å². The maximum absolute atomic E-state index is 3.31. The Morgan fingerprint density at radius 2 is 0.940 bits per heavy atom. The monoisotopic (exact) mass is 691 g/mol. The van der Waals surface area contributed by atoms with Gasteiger partial charge in [-0.1, -0.05) is 125 Å². The van der Waals surface area contributed by atoms with Crippen LogP contribution in [-0.4, -0.2) is 46.1 Å². The Balaban J connectivity index is 1.10. The summed E-state index contributed by atoms with van der Waals surface area (Å²) in [6.45, 7) is 15.9. The molecule has 14 atom stereocenters. The predicted molar refractivity (Wildman–Crippen MR) is 215 cm³/mol. The van der Waals surface area contributed by atoms with Gasteiger partial charge in [0.1, 0.15) is 0 Å². The Morgan fingerprint density at radius 1 is 0.460 bits per heavy atom. The van der Waals surface area contributed by atoms with E-state index in [1.807, 2.05) is 0 Å². The average molecular weight is 691 g/mol. The van der Waals surface area contributed by atoms with E-state index in [0.717, 1.165) is 95.4 Å². The Morgan fingerprint density at radius 3 is 1.52 bits per heavy atom. The van der Waals surface area contributed by atoms with E-state index in [1.54, 1.807) is 32.1 Å². The van der Waals surface area contributed by atoms with Crippen LogP contribution in [0.15, 0.2) is 0 Å². The smallest absolute Gasteiger partial charge is 0.0129 e. The lowest BCUT2D eigenvalue weighted by Crippen LogP contribution is -2.57. The van der Waals surface area contributed by atoms with Crippen LogP contribution >= 0.6 is 0 Å². The van der Waals surface area contributed by atoms with Crippen molar-refractivity contribution in [1.82, 2.24) is 9.80 Å². The van der Waals surface area contributed by atoms with Crippen molar-refractivity contribution in [3.05, 3.63) is 0 Å². The number of fused-ring (bicyclic) bond motifs is 1. The van der Waals surface area contributed by atoms with E-state index >= 15 is 0 Å². The summed E-state index contributed by atoms with van der Waals surface area (Å²) in [5.41, 5.74) is 0. The summed E-state index contributed by atoms with van der Waals surface area (Å²) in [7, 11) is 0. The SMILES string of the molecule is CCC(C)N(C1CCCCC1)C1CCCC(C2C(C)C(C)C(C3CCCC(N(C4CCCCC4)C4CCCC(C)C4C)C3)C3CCCCC32)C1. The highest BCUT2D eigenvalue weighted by Crippen LogP contribution is 2.59. The standard InChI is InChI=1S/C48H86N2/c1-7-34(3)49(40-22-10-8-11-23-40)42-26-17-20-38(31-42)47-36(5)37(6)48(45-29-15-14-28-44(45)47)39-21-18-27-43(32-39)50(41-24-12-9-13-25-41)46-30-16-19-33(2)35(46)4/h33-48H,7-32H2,1-6H3. The van der Waals surface area contributed by atoms with Crippen molar-refractivity contribution in [1.29, 1.82) is 0 Å². The van der Waals surface area contributed by atoms with Gasteiger partial charge in [0.25, 0.3) is 0 Å². The minimum atomic E-state index is 0.767. The average Bonchev–Trinajstić information content (AvgIpc) is 3.15. The minimum Gasteiger partial charge on any atom is -0.295 e. The van der Waals surface area contributed by atoms with E-state index in [4.69, 9.17) is 0 Å². The van der Waals surface area contributed by atoms with Crippen LogP contribution in [0.5, 0.6) is 0 Å². The fourth-order valence-corrected chi connectivity index (χ4v) is 15.6. The van der Waals surface area contributed by atoms with E-state index < -0.39 is 0 Å². The second-order valence-corrected chi connectivity index (χ2v) is 20.7. The number of hydrogen-bond acceptors (Lipinski definition) is 2. The molecule has 0 radical (unpaired) electrons. The third-order valence-corrected chi connectivity index (χ3v) is 18.4. The number of nitrogens with zero attached hydrogens (tertiary/aromatic N) is 2. The number of hydrogen-bond donors (Lipinski definition) is 0. The van der Waals surface area contributed by atoms with Crippen LogP contribution in [0.25, 0.3) is 0 Å². The zero-order valence-corrected chi connectivity index (χ0v) is 34.5. The molecule has 0 heterocycles. The van der Waals surface area contributed by atoms with Crippen LogP contribution in [0.3, 0.4) is 0 Å². The van der Waals surface area contributed by atoms with E-state index in [-0.39, 0.29) is 0 Å². The second kappa shape index (κ2) is 17.6. The molecule has 2 nitrogen and oxygen atoms in total. The molecule has 0 aromatic heterocycles. The molecule has 0 amide bonds. The molecule has 2 heteroatoms. The Bertz CT molecular complexity index is 1010. The lowest BCUT2D eigenvalue weighted by atomic mass is 9.47. The summed E-state index contributed by atoms with van der Waals surface area (Å²) in [6.07, 6.45) is 39.1. The van der Waals surface area contributed by atoms with Gasteiger partial charge in [0, 0.05) is 36.3 Å². The van der Waals surface area contributed by atoms with Crippen molar-refractivity contribution in [2.45, 2.75) is 245 Å². The maximum Gasteiger partial charge on any atom is 0.0129 e. The highest BCUT2D eigenvalue weighted by molar-refractivity contribution is 5.03. The van der Waals surface area contributed by atoms with E-state index in [9.17, 15) is 0 Å². The second-order valence-electron chi connectivity index (χ2n) is 20.7. The third-order valence-electron chi connectivity index (χ3n) is 18.4. The molecule has 50 heavy (non-hydrogen) atoms. The molecule has 7 aliphatic carbocycles. The van der Waals surface area contributed by atoms with Crippen molar-refractivity contribution in [3.8, 4) is 0 Å². The van der Waals surface area contributed by atoms with Gasteiger partial charge in [0.15, 0.2) is 0 Å². The summed E-state index contributed by atoms with van der Waals surface area (Å²) in [6, 6.07) is 5.14. The van der Waals surface area contributed by atoms with Gasteiger partial charge in [-0.05, 0) is 143 Å². The maximum atomic E-state index is 3.31. The van der Waals surface area contributed by atoms with Crippen LogP contribution < -0.4 is 0 Å². The van der Waals surface area contributed by atoms with Crippen molar-refractivity contribution >= 4 is 0 Å². The predicted octanol–water partition coefficient (Wildman–Crippen LogP) is 13.3. The molecular formula is C48H86N2. The van der Waals surface area contributed by atoms with Gasteiger partial charge in [-0.25, -0.2) is 0 Å². The van der Waals surface area contributed by atoms with E-state index in [2.05, 4.69) is 51.3 Å². The Kier molecular flexibility index (Phi) is 13.4. The summed E-state index contributed by atoms with van der Waals surface area (Å²) in [5, 5.41) is 0. The van der Waals surface area contributed by atoms with Crippen LogP contribution in [0.1, 0.15) is 208 Å². The first kappa shape index (κ1) is 38.2. The van der Waals surface area contributed by atoms with Crippen LogP contribution in [0.4, 0.5) is 0 Å². The molecular weight excluding hydrogens is 605 g/mol. The van der Waals surface area contributed by atoms with Gasteiger partial charge in [-0.15, -0.1) is 0 Å². The Hall–Kier alpha value is -0.0800. The molecule has 7 fully saturated rings. The lowest BCUT2D eigenvalue weighted by molar-refractivity contribution is -0.102. The van der Waals surface area contributed by atoms with Gasteiger partial charge in [0.05, 0.1) is 0 Å². The lowest BCUT2D eigenvalue weighted by Gasteiger charge is -2.59. The van der Waals surface area contributed by atoms with Crippen LogP contribution in [0.2, 0.25) is 0 Å². The molecule has 7 saturated carbocycles. The van der Waals surface area contributed by atoms with Gasteiger partial charge < -0.3 is 0 Å². The molecule has 0 aliphatic heterocycles. The number of rotatable bonds is 9. The summed E-state index contributed by atoms with van der Waals surface area (Å²) in [4.78, 5) is 6.46. The van der Waals surface area contributed by atoms with Crippen LogP contribution in [0, 0.1) is 59.2 Å². The molecule has 0 aromatic carbocycles. The zero-order chi connectivity index (χ0) is 34.8. The van der Waals surface area contributed by atoms with Crippen LogP contribution in [-0.2, 0) is 0 Å². The van der Waals surface area contributed by atoms with Gasteiger partial charge in [0.2, 0.25) is 0 Å². The molecule has 7 aliphatic rings. The normalized spacial score (nSPS) is 45.0. The topological polar surface area (TPSA) is 6.48 Å². The first-order valence-corrected chi connectivity index (χ1v) is 23.9. The fourth-order valence-electron chi connectivity index (χ4n) is 15.6. The first-order chi connectivity index (χ1) is 24.4. The van der Waals surface area contributed by atoms with Crippen molar-refractivity contribution in [2.24, 2.45) is 59.2 Å². The molecule has 14 unspecified atom stereocenters. The van der Waals surface area contributed by atoms with E-state index in [1.165, 1.54) is 135 Å². The molecule has 7 rings (SSSR count). The van der Waals surface area contributed by atoms with E-state index in [0.29, 0.717) is 0 Å². The summed E-state index contributed by atoms with van der Waals surface area (Å²) < 4.78 is 0. The summed E-state index contributed by atoms with van der Waals surface area (Å²) >= 11 is 0. The Labute approximate surface area is 312 Å². The van der Waals surface area contributed by atoms with Gasteiger partial charge in [-0.2, -0.15) is 0 Å². The largest absolute Gasteiger partial charge is 0.295 e. The molecule has 0 aromatic rings. The quantitative estimate of drug-likeness (QED) is 0.238. The van der Waals surface area contributed by atoms with Gasteiger partial charge >= 0.3 is 0 Å². The first-order valence-electron chi connectivity index (χ1n) is 23.9. The molecule has 288 valence electrons. The molecule has 0 bridgehead atoms. The highest BCUT2D eigenvalue weighted by Gasteiger charge is 2.53. The highest BCUT2D eigenvalue weighted by atomic mass is 15.2. The van der Waals surface area contributed by atoms with Crippen molar-refractivity contribution in [3.63, 3.8) is 0 Å². The third kappa shape index (κ3) is 7.99. The zero-order valence-electron chi connectivity index (χ0n) is 34.5. The van der Waals surface area contributed by atoms with Crippen molar-refractivity contribution < 1.29 is 0 Å². The fraction of sp³-hybridized carbons (Fsp3) is 1.00.